The van der Waals surface area contributed by atoms with E-state index in [1.165, 1.54) is 12.1 Å². The molecule has 8 heteroatoms. The van der Waals surface area contributed by atoms with Gasteiger partial charge in [0.25, 0.3) is 5.91 Å². The summed E-state index contributed by atoms with van der Waals surface area (Å²) < 4.78 is 28.1. The van der Waals surface area contributed by atoms with Crippen LogP contribution in [0.3, 0.4) is 0 Å². The number of benzene rings is 2. The van der Waals surface area contributed by atoms with Gasteiger partial charge in [-0.2, -0.15) is 0 Å². The number of anilines is 1. The fourth-order valence-corrected chi connectivity index (χ4v) is 5.59. The lowest BCUT2D eigenvalue weighted by Gasteiger charge is -2.35. The maximum absolute atomic E-state index is 12.9. The van der Waals surface area contributed by atoms with Crippen LogP contribution >= 0.6 is 11.6 Å². The fraction of sp³-hybridized carbons (Fsp3) is 0.409. The molecule has 4 rings (SSSR count). The first-order valence-corrected chi connectivity index (χ1v) is 12.2. The van der Waals surface area contributed by atoms with Crippen molar-refractivity contribution in [3.05, 3.63) is 59.1 Å². The van der Waals surface area contributed by atoms with E-state index in [-0.39, 0.29) is 16.8 Å². The van der Waals surface area contributed by atoms with Crippen molar-refractivity contribution in [2.45, 2.75) is 36.6 Å². The molecule has 30 heavy (non-hydrogen) atoms. The second-order valence-electron chi connectivity index (χ2n) is 7.85. The largest absolute Gasteiger partial charge is 0.371 e. The molecule has 2 aromatic carbocycles. The number of piperidine rings is 1. The van der Waals surface area contributed by atoms with E-state index < -0.39 is 10.0 Å². The predicted octanol–water partition coefficient (Wildman–Crippen LogP) is 3.52. The summed E-state index contributed by atoms with van der Waals surface area (Å²) in [6, 6.07) is 13.8. The average molecular weight is 448 g/mol. The van der Waals surface area contributed by atoms with Crippen molar-refractivity contribution in [3.63, 3.8) is 0 Å². The lowest BCUT2D eigenvalue weighted by atomic mass is 10.0. The summed E-state index contributed by atoms with van der Waals surface area (Å²) in [7, 11) is -3.58. The first-order chi connectivity index (χ1) is 14.4. The van der Waals surface area contributed by atoms with Gasteiger partial charge in [-0.15, -0.1) is 0 Å². The standard InChI is InChI=1S/C22H26ClN3O3S/c23-17-7-9-19(10-8-17)30(28,29)24-18-11-15-25(16-12-18)21-6-2-1-5-20(21)22(27)26-13-3-4-14-26/h1-2,5-10,18,24H,3-4,11-16H2. The zero-order chi connectivity index (χ0) is 21.1. The van der Waals surface area contributed by atoms with Gasteiger partial charge in [0.1, 0.15) is 0 Å². The molecule has 1 amide bonds. The number of para-hydroxylation sites is 1. The van der Waals surface area contributed by atoms with Gasteiger partial charge in [-0.25, -0.2) is 13.1 Å². The zero-order valence-electron chi connectivity index (χ0n) is 16.8. The van der Waals surface area contributed by atoms with E-state index in [0.717, 1.165) is 37.2 Å². The summed E-state index contributed by atoms with van der Waals surface area (Å²) in [5.74, 6) is 0.0914. The summed E-state index contributed by atoms with van der Waals surface area (Å²) in [5, 5.41) is 0.504. The highest BCUT2D eigenvalue weighted by Crippen LogP contribution is 2.27. The van der Waals surface area contributed by atoms with E-state index in [1.807, 2.05) is 29.2 Å². The third-order valence-electron chi connectivity index (χ3n) is 5.81. The minimum atomic E-state index is -3.58. The van der Waals surface area contributed by atoms with Crippen molar-refractivity contribution in [1.82, 2.24) is 9.62 Å². The van der Waals surface area contributed by atoms with Crippen molar-refractivity contribution in [1.29, 1.82) is 0 Å². The Hall–Kier alpha value is -2.09. The van der Waals surface area contributed by atoms with Crippen molar-refractivity contribution in [2.24, 2.45) is 0 Å². The van der Waals surface area contributed by atoms with Gasteiger partial charge in [0, 0.05) is 42.9 Å². The van der Waals surface area contributed by atoms with Gasteiger partial charge in [0.05, 0.1) is 10.5 Å². The molecule has 2 aliphatic rings. The number of halogens is 1. The lowest BCUT2D eigenvalue weighted by Crippen LogP contribution is -2.45. The van der Waals surface area contributed by atoms with Gasteiger partial charge in [-0.05, 0) is 62.1 Å². The lowest BCUT2D eigenvalue weighted by molar-refractivity contribution is 0.0793. The van der Waals surface area contributed by atoms with Gasteiger partial charge in [0.2, 0.25) is 10.0 Å². The highest BCUT2D eigenvalue weighted by Gasteiger charge is 2.28. The maximum atomic E-state index is 12.9. The highest BCUT2D eigenvalue weighted by molar-refractivity contribution is 7.89. The molecule has 0 saturated carbocycles. The van der Waals surface area contributed by atoms with Crippen molar-refractivity contribution in [2.75, 3.05) is 31.1 Å². The third kappa shape index (κ3) is 4.63. The van der Waals surface area contributed by atoms with E-state index in [2.05, 4.69) is 9.62 Å². The molecule has 160 valence electrons. The van der Waals surface area contributed by atoms with Crippen LogP contribution in [0.1, 0.15) is 36.0 Å². The molecular formula is C22H26ClN3O3S. The Morgan fingerprint density at radius 2 is 1.57 bits per heavy atom. The van der Waals surface area contributed by atoms with Gasteiger partial charge < -0.3 is 9.80 Å². The van der Waals surface area contributed by atoms with Gasteiger partial charge in [0.15, 0.2) is 0 Å². The van der Waals surface area contributed by atoms with Crippen LogP contribution in [0.5, 0.6) is 0 Å². The third-order valence-corrected chi connectivity index (χ3v) is 7.60. The first-order valence-electron chi connectivity index (χ1n) is 10.4. The number of rotatable bonds is 5. The number of hydrogen-bond acceptors (Lipinski definition) is 4. The Morgan fingerprint density at radius 3 is 2.23 bits per heavy atom. The fourth-order valence-electron chi connectivity index (χ4n) is 4.16. The van der Waals surface area contributed by atoms with Gasteiger partial charge >= 0.3 is 0 Å². The van der Waals surface area contributed by atoms with Gasteiger partial charge in [-0.3, -0.25) is 4.79 Å². The van der Waals surface area contributed by atoms with E-state index in [1.54, 1.807) is 12.1 Å². The maximum Gasteiger partial charge on any atom is 0.255 e. The van der Waals surface area contributed by atoms with E-state index >= 15 is 0 Å². The topological polar surface area (TPSA) is 69.7 Å². The van der Waals surface area contributed by atoms with E-state index in [0.29, 0.717) is 31.0 Å². The molecule has 0 spiro atoms. The SMILES string of the molecule is O=C(c1ccccc1N1CCC(NS(=O)(=O)c2ccc(Cl)cc2)CC1)N1CCCC1. The number of carbonyl (C=O) groups excluding carboxylic acids is 1. The number of sulfonamides is 1. The Labute approximate surface area is 182 Å². The van der Waals surface area contributed by atoms with Crippen LogP contribution in [0.4, 0.5) is 5.69 Å². The second kappa shape index (κ2) is 8.96. The molecule has 0 unspecified atom stereocenters. The smallest absolute Gasteiger partial charge is 0.255 e. The van der Waals surface area contributed by atoms with Crippen molar-refractivity contribution >= 4 is 33.2 Å². The minimum Gasteiger partial charge on any atom is -0.371 e. The summed E-state index contributed by atoms with van der Waals surface area (Å²) in [4.78, 5) is 17.3. The Morgan fingerprint density at radius 1 is 0.933 bits per heavy atom. The second-order valence-corrected chi connectivity index (χ2v) is 10.0. The number of nitrogens with zero attached hydrogens (tertiary/aromatic N) is 2. The summed E-state index contributed by atoms with van der Waals surface area (Å²) >= 11 is 5.86. The van der Waals surface area contributed by atoms with Crippen molar-refractivity contribution in [3.8, 4) is 0 Å². The summed E-state index contributed by atoms with van der Waals surface area (Å²) in [6.07, 6.45) is 3.48. The number of hydrogen-bond donors (Lipinski definition) is 1. The first kappa shape index (κ1) is 21.2. The van der Waals surface area contributed by atoms with Crippen LogP contribution in [-0.4, -0.2) is 51.4 Å². The van der Waals surface area contributed by atoms with Crippen LogP contribution in [0, 0.1) is 0 Å². The molecular weight excluding hydrogens is 422 g/mol. The molecule has 0 atom stereocenters. The van der Waals surface area contributed by atoms with Crippen LogP contribution in [0.15, 0.2) is 53.4 Å². The van der Waals surface area contributed by atoms with E-state index in [9.17, 15) is 13.2 Å². The van der Waals surface area contributed by atoms with Crippen LogP contribution in [0.25, 0.3) is 0 Å². The monoisotopic (exact) mass is 447 g/mol. The zero-order valence-corrected chi connectivity index (χ0v) is 18.3. The predicted molar refractivity (Wildman–Crippen MR) is 119 cm³/mol. The molecule has 2 fully saturated rings. The molecule has 2 aromatic rings. The van der Waals surface area contributed by atoms with E-state index in [4.69, 9.17) is 11.6 Å². The Bertz CT molecular complexity index is 997. The number of likely N-dealkylation sites (tertiary alicyclic amines) is 1. The molecule has 2 saturated heterocycles. The number of amides is 1. The number of nitrogens with one attached hydrogen (secondary N) is 1. The van der Waals surface area contributed by atoms with Crippen LogP contribution in [-0.2, 0) is 10.0 Å². The molecule has 0 aromatic heterocycles. The van der Waals surface area contributed by atoms with Crippen LogP contribution in [0.2, 0.25) is 5.02 Å². The molecule has 2 aliphatic heterocycles. The molecule has 0 aliphatic carbocycles. The van der Waals surface area contributed by atoms with Crippen LogP contribution < -0.4 is 9.62 Å². The molecule has 6 nitrogen and oxygen atoms in total. The summed E-state index contributed by atoms with van der Waals surface area (Å²) in [5.41, 5.74) is 1.67. The minimum absolute atomic E-state index is 0.0914. The number of carbonyl (C=O) groups is 1. The molecule has 1 N–H and O–H groups in total. The highest BCUT2D eigenvalue weighted by atomic mass is 35.5. The summed E-state index contributed by atoms with van der Waals surface area (Å²) in [6.45, 7) is 3.03. The quantitative estimate of drug-likeness (QED) is 0.761. The van der Waals surface area contributed by atoms with Gasteiger partial charge in [-0.1, -0.05) is 23.7 Å². The van der Waals surface area contributed by atoms with Crippen molar-refractivity contribution < 1.29 is 13.2 Å². The average Bonchev–Trinajstić information content (AvgIpc) is 3.29. The Balaban J connectivity index is 1.41. The molecule has 2 heterocycles. The Kier molecular flexibility index (Phi) is 6.32. The molecule has 0 bridgehead atoms. The normalized spacial score (nSPS) is 18.0. The molecule has 0 radical (unpaired) electrons.